The van der Waals surface area contributed by atoms with Crippen LogP contribution in [0.1, 0.15) is 0 Å². The zero-order valence-electron chi connectivity index (χ0n) is 6.96. The van der Waals surface area contributed by atoms with Gasteiger partial charge >= 0.3 is 0 Å². The van der Waals surface area contributed by atoms with Gasteiger partial charge in [-0.05, 0) is 44.6 Å². The van der Waals surface area contributed by atoms with E-state index in [1.165, 1.54) is 0 Å². The number of aromatic nitrogens is 2. The van der Waals surface area contributed by atoms with Gasteiger partial charge in [-0.1, -0.05) is 0 Å². The van der Waals surface area contributed by atoms with Crippen LogP contribution in [-0.4, -0.2) is 20.0 Å². The zero-order valence-corrected chi connectivity index (χ0v) is 10.1. The van der Waals surface area contributed by atoms with Crippen molar-refractivity contribution in [3.8, 4) is 0 Å². The Kier molecular flexibility index (Phi) is 2.33. The van der Waals surface area contributed by atoms with Crippen LogP contribution in [0.5, 0.6) is 0 Å². The van der Waals surface area contributed by atoms with Gasteiger partial charge in [0.1, 0.15) is 10.3 Å². The summed E-state index contributed by atoms with van der Waals surface area (Å²) < 4.78 is 12.3. The highest BCUT2D eigenvalue weighted by molar-refractivity contribution is 9.10. The van der Waals surface area contributed by atoms with Crippen molar-refractivity contribution in [1.29, 1.82) is 0 Å². The fourth-order valence-corrected chi connectivity index (χ4v) is 2.63. The van der Waals surface area contributed by atoms with Gasteiger partial charge in [-0.2, -0.15) is 0 Å². The Balaban J connectivity index is 2.83. The van der Waals surface area contributed by atoms with E-state index >= 15 is 0 Å². The Morgan fingerprint density at radius 3 is 2.93 bits per heavy atom. The van der Waals surface area contributed by atoms with Crippen molar-refractivity contribution in [3.05, 3.63) is 22.9 Å². The van der Waals surface area contributed by atoms with Gasteiger partial charge in [0.05, 0.1) is 13.6 Å². The topological polar surface area (TPSA) is 45.8 Å². The second kappa shape index (κ2) is 3.25. The first-order chi connectivity index (χ1) is 6.48. The van der Waals surface area contributed by atoms with Crippen LogP contribution in [0.4, 0.5) is 0 Å². The number of nitrogens with one attached hydrogen (secondary N) is 1. The summed E-state index contributed by atoms with van der Waals surface area (Å²) in [6.07, 6.45) is 1.58. The SMILES string of the molecule is C=S(=O)(Cl)c1c[nH]c2nc(Br)ccc12. The molecule has 0 saturated carbocycles. The van der Waals surface area contributed by atoms with E-state index in [-0.39, 0.29) is 0 Å². The molecule has 2 heterocycles. The van der Waals surface area contributed by atoms with Crippen LogP contribution in [0.3, 0.4) is 0 Å². The standard InChI is InChI=1S/C8H6BrClN2OS/c1-14(10,13)6-4-11-8-5(6)2-3-7(9)12-8/h2-4H,1H2,(H,11,12). The number of pyridine rings is 1. The number of fused-ring (bicyclic) bond motifs is 1. The quantitative estimate of drug-likeness (QED) is 0.499. The molecule has 6 heteroatoms. The number of rotatable bonds is 1. The summed E-state index contributed by atoms with van der Waals surface area (Å²) >= 11 is 3.24. The maximum atomic E-state index is 11.5. The molecule has 2 aromatic heterocycles. The van der Waals surface area contributed by atoms with E-state index in [0.717, 1.165) is 5.39 Å². The Morgan fingerprint density at radius 2 is 2.29 bits per heavy atom. The summed E-state index contributed by atoms with van der Waals surface area (Å²) in [5.74, 6) is 3.42. The summed E-state index contributed by atoms with van der Waals surface area (Å²) in [6, 6.07) is 3.56. The van der Waals surface area contributed by atoms with Gasteiger partial charge in [0.15, 0.2) is 0 Å². The van der Waals surface area contributed by atoms with E-state index in [9.17, 15) is 4.21 Å². The van der Waals surface area contributed by atoms with Crippen LogP contribution >= 0.6 is 26.6 Å². The Bertz CT molecular complexity index is 590. The molecule has 0 radical (unpaired) electrons. The van der Waals surface area contributed by atoms with Gasteiger partial charge in [-0.15, -0.1) is 0 Å². The van der Waals surface area contributed by atoms with Gasteiger partial charge in [-0.3, -0.25) is 0 Å². The molecule has 0 aromatic carbocycles. The molecule has 0 fully saturated rings. The largest absolute Gasteiger partial charge is 0.345 e. The lowest BCUT2D eigenvalue weighted by Gasteiger charge is -1.96. The van der Waals surface area contributed by atoms with E-state index < -0.39 is 8.74 Å². The van der Waals surface area contributed by atoms with Crippen molar-refractivity contribution in [2.75, 3.05) is 0 Å². The van der Waals surface area contributed by atoms with Crippen molar-refractivity contribution in [2.24, 2.45) is 0 Å². The molecule has 0 aliphatic heterocycles. The molecule has 2 aromatic rings. The number of H-pyrrole nitrogens is 1. The molecule has 0 aliphatic carbocycles. The molecule has 0 aliphatic rings. The monoisotopic (exact) mass is 292 g/mol. The van der Waals surface area contributed by atoms with Crippen LogP contribution in [-0.2, 0) is 8.74 Å². The lowest BCUT2D eigenvalue weighted by atomic mass is 10.3. The van der Waals surface area contributed by atoms with Crippen LogP contribution in [0.15, 0.2) is 27.8 Å². The number of hydrogen-bond acceptors (Lipinski definition) is 2. The number of aromatic amines is 1. The molecule has 0 amide bonds. The van der Waals surface area contributed by atoms with Crippen LogP contribution in [0, 0.1) is 0 Å². The van der Waals surface area contributed by atoms with E-state index in [4.69, 9.17) is 10.7 Å². The third kappa shape index (κ3) is 1.67. The predicted molar refractivity (Wildman–Crippen MR) is 63.2 cm³/mol. The molecule has 0 spiro atoms. The maximum Gasteiger partial charge on any atom is 0.139 e. The number of halogens is 2. The smallest absolute Gasteiger partial charge is 0.139 e. The average molecular weight is 294 g/mol. The van der Waals surface area contributed by atoms with E-state index in [0.29, 0.717) is 15.1 Å². The average Bonchev–Trinajstić information content (AvgIpc) is 2.45. The first-order valence-electron chi connectivity index (χ1n) is 3.69. The minimum Gasteiger partial charge on any atom is -0.345 e. The van der Waals surface area contributed by atoms with Crippen LogP contribution < -0.4 is 0 Å². The van der Waals surface area contributed by atoms with Gasteiger partial charge in [-0.25, -0.2) is 9.19 Å². The van der Waals surface area contributed by atoms with Crippen molar-refractivity contribution in [2.45, 2.75) is 4.90 Å². The van der Waals surface area contributed by atoms with Crippen molar-refractivity contribution in [1.82, 2.24) is 9.97 Å². The van der Waals surface area contributed by atoms with Crippen LogP contribution in [0.2, 0.25) is 0 Å². The Hall–Kier alpha value is -0.520. The van der Waals surface area contributed by atoms with E-state index in [1.807, 2.05) is 0 Å². The summed E-state index contributed by atoms with van der Waals surface area (Å²) in [7, 11) is 2.96. The third-order valence-corrected chi connectivity index (χ3v) is 3.73. The number of nitrogens with zero attached hydrogens (tertiary/aromatic N) is 1. The fourth-order valence-electron chi connectivity index (χ4n) is 1.21. The van der Waals surface area contributed by atoms with Gasteiger partial charge in [0.2, 0.25) is 0 Å². The highest BCUT2D eigenvalue weighted by atomic mass is 79.9. The molecule has 74 valence electrons. The molecule has 2 rings (SSSR count). The molecule has 1 atom stereocenters. The first-order valence-corrected chi connectivity index (χ1v) is 7.03. The van der Waals surface area contributed by atoms with Gasteiger partial charge < -0.3 is 4.98 Å². The minimum atomic E-state index is -2.71. The second-order valence-electron chi connectivity index (χ2n) is 2.78. The Labute approximate surface area is 94.1 Å². The first kappa shape index (κ1) is 10.0. The lowest BCUT2D eigenvalue weighted by Crippen LogP contribution is -1.87. The third-order valence-electron chi connectivity index (χ3n) is 1.80. The molecular weight excluding hydrogens is 288 g/mol. The molecular formula is C8H6BrClN2OS. The van der Waals surface area contributed by atoms with E-state index in [1.54, 1.807) is 18.3 Å². The van der Waals surface area contributed by atoms with Crippen LogP contribution in [0.25, 0.3) is 11.0 Å². The van der Waals surface area contributed by atoms with E-state index in [2.05, 4.69) is 31.8 Å². The summed E-state index contributed by atoms with van der Waals surface area (Å²) in [5, 5.41) is 0.739. The fraction of sp³-hybridized carbons (Fsp3) is 0. The molecule has 1 unspecified atom stereocenters. The van der Waals surface area contributed by atoms with Gasteiger partial charge in [0.25, 0.3) is 0 Å². The molecule has 3 nitrogen and oxygen atoms in total. The van der Waals surface area contributed by atoms with Crippen molar-refractivity contribution in [3.63, 3.8) is 0 Å². The Morgan fingerprint density at radius 1 is 1.57 bits per heavy atom. The second-order valence-corrected chi connectivity index (χ2v) is 6.72. The lowest BCUT2D eigenvalue weighted by molar-refractivity contribution is 0.690. The minimum absolute atomic E-state index is 0.495. The molecule has 0 saturated heterocycles. The highest BCUT2D eigenvalue weighted by Gasteiger charge is 2.11. The predicted octanol–water partition coefficient (Wildman–Crippen LogP) is 2.55. The van der Waals surface area contributed by atoms with Crippen molar-refractivity contribution < 1.29 is 4.21 Å². The normalized spacial score (nSPS) is 15.6. The zero-order chi connectivity index (χ0) is 10.3. The molecule has 0 bridgehead atoms. The summed E-state index contributed by atoms with van der Waals surface area (Å²) in [5.41, 5.74) is 0.645. The summed E-state index contributed by atoms with van der Waals surface area (Å²) in [6.45, 7) is 0. The molecule has 14 heavy (non-hydrogen) atoms. The van der Waals surface area contributed by atoms with Crippen molar-refractivity contribution >= 4 is 52.3 Å². The maximum absolute atomic E-state index is 11.5. The van der Waals surface area contributed by atoms with Gasteiger partial charge in [0, 0.05) is 11.6 Å². The summed E-state index contributed by atoms with van der Waals surface area (Å²) in [4.78, 5) is 7.54. The number of hydrogen-bond donors (Lipinski definition) is 1. The highest BCUT2D eigenvalue weighted by Crippen LogP contribution is 2.25. The molecule has 1 N–H and O–H groups in total.